The van der Waals surface area contributed by atoms with Gasteiger partial charge in [-0.3, -0.25) is 0 Å². The zero-order chi connectivity index (χ0) is 93.7. The van der Waals surface area contributed by atoms with Crippen LogP contribution in [0.25, 0.3) is 114 Å². The molecule has 14 nitrogen and oxygen atoms in total. The van der Waals surface area contributed by atoms with E-state index in [0.717, 1.165) is 27.9 Å². The van der Waals surface area contributed by atoms with Crippen molar-refractivity contribution in [2.24, 2.45) is 42.3 Å². The van der Waals surface area contributed by atoms with Gasteiger partial charge in [0.1, 0.15) is 45.6 Å². The van der Waals surface area contributed by atoms with E-state index in [0.29, 0.717) is 0 Å². The molecular formula is C108H160N13OS+5. The van der Waals surface area contributed by atoms with Crippen molar-refractivity contribution in [2.45, 2.75) is 242 Å². The molecule has 0 saturated carbocycles. The number of aromatic nitrogens is 13. The summed E-state index contributed by atoms with van der Waals surface area (Å²) in [6.45, 7) is 71.7. The van der Waals surface area contributed by atoms with Crippen molar-refractivity contribution in [3.8, 4) is 22.9 Å². The van der Waals surface area contributed by atoms with Crippen LogP contribution in [0.2, 0.25) is 0 Å². The Morgan fingerprint density at radius 3 is 1.22 bits per heavy atom. The Morgan fingerprint density at radius 2 is 0.724 bits per heavy atom. The van der Waals surface area contributed by atoms with E-state index in [4.69, 9.17) is 4.42 Å². The van der Waals surface area contributed by atoms with Crippen molar-refractivity contribution in [1.29, 1.82) is 0 Å². The minimum Gasteiger partial charge on any atom is -0.456 e. The molecule has 18 rings (SSSR count). The number of nitrogens with zero attached hydrogens (tertiary/aromatic N) is 13. The van der Waals surface area contributed by atoms with Gasteiger partial charge in [0, 0.05) is 113 Å². The van der Waals surface area contributed by atoms with Crippen LogP contribution < -0.4 is 23.4 Å². The van der Waals surface area contributed by atoms with Crippen LogP contribution in [0, 0.1) is 62.3 Å². The number of hydrogen-bond acceptors (Lipinski definition) is 4. The van der Waals surface area contributed by atoms with Crippen LogP contribution in [-0.4, -0.2) is 37.8 Å². The zero-order valence-corrected chi connectivity index (χ0v) is 84.8. The van der Waals surface area contributed by atoms with Gasteiger partial charge >= 0.3 is 0 Å². The topological polar surface area (TPSA) is 87.4 Å². The summed E-state index contributed by atoms with van der Waals surface area (Å²) in [6, 6.07) is 55.9. The van der Waals surface area contributed by atoms with Crippen molar-refractivity contribution < 1.29 is 27.8 Å². The highest BCUT2D eigenvalue weighted by Crippen LogP contribution is 2.40. The van der Waals surface area contributed by atoms with Crippen LogP contribution in [0.15, 0.2) is 230 Å². The second kappa shape index (κ2) is 57.1. The van der Waals surface area contributed by atoms with E-state index in [1.165, 1.54) is 136 Å². The Kier molecular flexibility index (Phi) is 51.0. The molecular weight excluding hydrogens is 1530 g/mol. The minimum absolute atomic E-state index is 0.919. The van der Waals surface area contributed by atoms with E-state index in [1.54, 1.807) is 6.33 Å². The lowest BCUT2D eigenvalue weighted by Gasteiger charge is -2.17. The number of furan rings is 1. The molecule has 0 radical (unpaired) electrons. The first kappa shape index (κ1) is 110. The molecule has 0 N–H and O–H groups in total. The van der Waals surface area contributed by atoms with Crippen LogP contribution in [0.1, 0.15) is 230 Å². The van der Waals surface area contributed by atoms with E-state index in [-0.39, 0.29) is 0 Å². The maximum absolute atomic E-state index is 5.92. The molecule has 664 valence electrons. The van der Waals surface area contributed by atoms with Crippen LogP contribution in [0.4, 0.5) is 0 Å². The van der Waals surface area contributed by atoms with Gasteiger partial charge < -0.3 is 8.98 Å². The maximum atomic E-state index is 5.92. The molecule has 18 aromatic rings. The first-order chi connectivity index (χ1) is 59.9. The van der Waals surface area contributed by atoms with Crippen molar-refractivity contribution in [2.75, 3.05) is 0 Å². The lowest BCUT2D eigenvalue weighted by Crippen LogP contribution is -2.37. The highest BCUT2D eigenvalue weighted by atomic mass is 32.1. The number of hydrogen-bond donors (Lipinski definition) is 0. The minimum atomic E-state index is 0.919. The van der Waals surface area contributed by atoms with Gasteiger partial charge in [0.2, 0.25) is 0 Å². The summed E-state index contributed by atoms with van der Waals surface area (Å²) in [7, 11) is 12.4. The third-order valence-corrected chi connectivity index (χ3v) is 20.7. The lowest BCUT2D eigenvalue weighted by molar-refractivity contribution is -0.744. The molecule has 0 bridgehead atoms. The fourth-order valence-corrected chi connectivity index (χ4v) is 15.3. The molecule has 0 amide bonds. The van der Waals surface area contributed by atoms with Gasteiger partial charge in [0.25, 0.3) is 0 Å². The lowest BCUT2D eigenvalue weighted by atomic mass is 9.89. The van der Waals surface area contributed by atoms with Crippen LogP contribution in [0.5, 0.6) is 0 Å². The Hall–Kier alpha value is -11.3. The molecule has 10 heterocycles. The average Bonchev–Trinajstić information content (AvgIpc) is 1.69. The maximum Gasteiger partial charge on any atom is 0.198 e. The third-order valence-electron chi connectivity index (χ3n) is 19.6. The standard InChI is InChI=1S/C21H23N2.C18H18N3.C17H15N2O.C17H15N2S.C9H11N4.13C2H6/c1-12-8-7-9-17-19-15(4)13(2)14(3)16(5)20(19)18-10-11-22(6)23(18)21(12)17;1-13-11-18-15(12-17(13)21-10-6-9-19(21)2)14-7-4-5-8-16(14)20(18)3;2*1-12-10-17-14(13-6-3-4-7-16(13)20-17)11-15(12)19-9-5-8-18(19)2;1-8-6-10-7-11-9(8)13-5-3-4-12(13)2;13*1-2/h7-11H,1-6H3;4-12H,1-3H3;2*3-11H,1-2H3;3-7H,1-2H3;13*1-2H3/q5*+1;;;;;;;;;;;;;. The van der Waals surface area contributed by atoms with Crippen molar-refractivity contribution in [3.05, 3.63) is 276 Å². The van der Waals surface area contributed by atoms with Crippen LogP contribution in [0.3, 0.4) is 0 Å². The summed E-state index contributed by atoms with van der Waals surface area (Å²) in [5.74, 6) is 0.919. The summed E-state index contributed by atoms with van der Waals surface area (Å²) in [5, 5.41) is 11.8. The zero-order valence-electron chi connectivity index (χ0n) is 84.0. The summed E-state index contributed by atoms with van der Waals surface area (Å²) in [4.78, 5) is 8.16. The van der Waals surface area contributed by atoms with Gasteiger partial charge in [-0.2, -0.15) is 0 Å². The van der Waals surface area contributed by atoms with Gasteiger partial charge in [-0.1, -0.05) is 253 Å². The molecule has 8 aromatic carbocycles. The fraction of sp³-hybridized carbons (Fsp3) is 0.380. The van der Waals surface area contributed by atoms with E-state index < -0.39 is 0 Å². The molecule has 0 saturated heterocycles. The number of rotatable bonds is 4. The number of para-hydroxylation sites is 3. The number of fused-ring (bicyclic) bond motifs is 15. The molecule has 10 aromatic heterocycles. The Labute approximate surface area is 746 Å². The van der Waals surface area contributed by atoms with E-state index >= 15 is 0 Å². The van der Waals surface area contributed by atoms with Gasteiger partial charge in [-0.15, -0.1) is 58.0 Å². The third kappa shape index (κ3) is 25.2. The van der Waals surface area contributed by atoms with E-state index in [9.17, 15) is 0 Å². The summed E-state index contributed by atoms with van der Waals surface area (Å²) < 4.78 is 32.2. The molecule has 0 aliphatic rings. The van der Waals surface area contributed by atoms with Gasteiger partial charge in [0.05, 0.1) is 24.8 Å². The number of pyridine rings is 1. The average molecular weight is 1690 g/mol. The highest BCUT2D eigenvalue weighted by molar-refractivity contribution is 7.25. The molecule has 0 aliphatic heterocycles. The second-order valence-corrected chi connectivity index (χ2v) is 26.8. The predicted octanol–water partition coefficient (Wildman–Crippen LogP) is 29.1. The predicted molar refractivity (Wildman–Crippen MR) is 541 cm³/mol. The Bertz CT molecular complexity index is 5900. The van der Waals surface area contributed by atoms with Gasteiger partial charge in [0.15, 0.2) is 72.0 Å². The Balaban J connectivity index is 0.000000724. The van der Waals surface area contributed by atoms with Crippen molar-refractivity contribution in [3.63, 3.8) is 0 Å². The molecule has 0 fully saturated rings. The van der Waals surface area contributed by atoms with Gasteiger partial charge in [-0.25, -0.2) is 9.97 Å². The number of aryl methyl sites for hydroxylation is 13. The van der Waals surface area contributed by atoms with Gasteiger partial charge in [-0.05, 0) is 167 Å². The summed E-state index contributed by atoms with van der Waals surface area (Å²) in [6.07, 6.45) is 21.9. The molecule has 15 heteroatoms. The Morgan fingerprint density at radius 1 is 0.301 bits per heavy atom. The number of benzene rings is 8. The quantitative estimate of drug-likeness (QED) is 0.130. The molecule has 0 spiro atoms. The van der Waals surface area contributed by atoms with E-state index in [1.807, 2.05) is 277 Å². The largest absolute Gasteiger partial charge is 0.456 e. The summed E-state index contributed by atoms with van der Waals surface area (Å²) in [5.41, 5.74) is 22.5. The number of thiophene rings is 1. The monoisotopic (exact) mass is 1690 g/mol. The van der Waals surface area contributed by atoms with E-state index in [2.05, 4.69) is 300 Å². The first-order valence-corrected chi connectivity index (χ1v) is 46.7. The fourth-order valence-electron chi connectivity index (χ4n) is 14.1. The summed E-state index contributed by atoms with van der Waals surface area (Å²) >= 11 is 1.87. The smallest absolute Gasteiger partial charge is 0.198 e. The highest BCUT2D eigenvalue weighted by Gasteiger charge is 2.23. The van der Waals surface area contributed by atoms with Crippen LogP contribution in [-0.2, 0) is 42.3 Å². The first-order valence-electron chi connectivity index (χ1n) is 45.9. The van der Waals surface area contributed by atoms with Crippen molar-refractivity contribution in [1.82, 2.24) is 37.8 Å². The molecule has 0 unspecified atom stereocenters. The van der Waals surface area contributed by atoms with Crippen LogP contribution >= 0.6 is 11.3 Å². The normalized spacial score (nSPS) is 9.67. The second-order valence-electron chi connectivity index (χ2n) is 25.7. The van der Waals surface area contributed by atoms with Crippen molar-refractivity contribution >= 4 is 102 Å². The molecule has 0 aliphatic carbocycles. The SMILES string of the molecule is CC.CC.CC.CC.CC.CC.CC.CC.CC.CC.CC.CC.CC.Cc1c(C)c(C)c2c(c1C)c1cccc(C)c1n1c2cc[n+]1C.Cc1cc2c(cc1-n1ccc[n+]1C)c1ccccc1n2C.Cc1cc2oc3ccccc3c2cc1-n1ccc[n+]1C.Cc1cc2sc3ccccc3c2cc1-n1ccc[n+]1C.Cc1cncnc1-n1ccc[n+]1C. The molecule has 123 heavy (non-hydrogen) atoms. The molecule has 0 atom stereocenters.